The van der Waals surface area contributed by atoms with Crippen LogP contribution in [0.3, 0.4) is 0 Å². The van der Waals surface area contributed by atoms with Gasteiger partial charge in [0.15, 0.2) is 17.3 Å². The smallest absolute Gasteiger partial charge is 0.203 e. The van der Waals surface area contributed by atoms with E-state index >= 15 is 0 Å². The van der Waals surface area contributed by atoms with Gasteiger partial charge >= 0.3 is 0 Å². The van der Waals surface area contributed by atoms with Gasteiger partial charge in [-0.05, 0) is 42.5 Å². The van der Waals surface area contributed by atoms with Gasteiger partial charge in [0.25, 0.3) is 0 Å². The maximum Gasteiger partial charge on any atom is 0.203 e. The molecule has 0 aliphatic heterocycles. The predicted molar refractivity (Wildman–Crippen MR) is 97.6 cm³/mol. The third kappa shape index (κ3) is 3.51. The van der Waals surface area contributed by atoms with Crippen molar-refractivity contribution in [2.75, 3.05) is 21.3 Å². The minimum absolute atomic E-state index is 0.542. The van der Waals surface area contributed by atoms with E-state index in [-0.39, 0.29) is 0 Å². The molecule has 25 heavy (non-hydrogen) atoms. The van der Waals surface area contributed by atoms with Crippen molar-refractivity contribution in [3.05, 3.63) is 53.7 Å². The fraction of sp³-hybridized carbons (Fsp3) is 0.158. The molecular formula is C19H17ClN2O3. The van der Waals surface area contributed by atoms with Gasteiger partial charge in [-0.25, -0.2) is 9.97 Å². The Kier molecular flexibility index (Phi) is 5.05. The Bertz CT molecular complexity index is 857. The summed E-state index contributed by atoms with van der Waals surface area (Å²) in [5.74, 6) is 2.30. The molecule has 0 spiro atoms. The molecule has 0 saturated heterocycles. The van der Waals surface area contributed by atoms with E-state index in [0.29, 0.717) is 28.1 Å². The fourth-order valence-electron chi connectivity index (χ4n) is 2.49. The lowest BCUT2D eigenvalue weighted by molar-refractivity contribution is 0.324. The van der Waals surface area contributed by atoms with Gasteiger partial charge in [0, 0.05) is 22.3 Å². The molecule has 0 unspecified atom stereocenters. The quantitative estimate of drug-likeness (QED) is 0.674. The molecule has 0 fully saturated rings. The summed E-state index contributed by atoms with van der Waals surface area (Å²) in [7, 11) is 4.74. The van der Waals surface area contributed by atoms with Crippen LogP contribution in [0.5, 0.6) is 17.2 Å². The number of aromatic nitrogens is 2. The largest absolute Gasteiger partial charge is 0.493 e. The van der Waals surface area contributed by atoms with Gasteiger partial charge in [-0.3, -0.25) is 0 Å². The van der Waals surface area contributed by atoms with Crippen molar-refractivity contribution < 1.29 is 14.2 Å². The van der Waals surface area contributed by atoms with Crippen LogP contribution >= 0.6 is 11.6 Å². The summed E-state index contributed by atoms with van der Waals surface area (Å²) in [5.41, 5.74) is 2.48. The normalized spacial score (nSPS) is 10.4. The Morgan fingerprint density at radius 1 is 0.800 bits per heavy atom. The third-order valence-corrected chi connectivity index (χ3v) is 3.97. The van der Waals surface area contributed by atoms with Crippen LogP contribution in [0, 0.1) is 0 Å². The Hall–Kier alpha value is -2.79. The summed E-state index contributed by atoms with van der Waals surface area (Å²) < 4.78 is 16.2. The van der Waals surface area contributed by atoms with Crippen LogP contribution in [0.1, 0.15) is 0 Å². The van der Waals surface area contributed by atoms with Crippen molar-refractivity contribution in [2.24, 2.45) is 0 Å². The standard InChI is InChI=1S/C19H17ClN2O3/c1-23-16-10-13(11-17(24-2)18(16)25-3)15-8-9-21-19(22-15)12-4-6-14(20)7-5-12/h4-11H,1-3H3. The van der Waals surface area contributed by atoms with Crippen molar-refractivity contribution in [1.82, 2.24) is 9.97 Å². The average molecular weight is 357 g/mol. The number of ether oxygens (including phenoxy) is 3. The highest BCUT2D eigenvalue weighted by Crippen LogP contribution is 2.40. The minimum atomic E-state index is 0.542. The van der Waals surface area contributed by atoms with E-state index in [1.54, 1.807) is 27.5 Å². The molecule has 128 valence electrons. The van der Waals surface area contributed by atoms with Crippen molar-refractivity contribution in [3.63, 3.8) is 0 Å². The Morgan fingerprint density at radius 2 is 1.44 bits per heavy atom. The second-order valence-electron chi connectivity index (χ2n) is 5.19. The number of rotatable bonds is 5. The van der Waals surface area contributed by atoms with Gasteiger partial charge in [0.05, 0.1) is 27.0 Å². The van der Waals surface area contributed by atoms with E-state index in [2.05, 4.69) is 9.97 Å². The van der Waals surface area contributed by atoms with Crippen LogP contribution in [0.15, 0.2) is 48.7 Å². The summed E-state index contributed by atoms with van der Waals surface area (Å²) in [4.78, 5) is 8.99. The van der Waals surface area contributed by atoms with Gasteiger partial charge in [-0.15, -0.1) is 0 Å². The molecule has 0 aliphatic carbocycles. The summed E-state index contributed by atoms with van der Waals surface area (Å²) in [5, 5.41) is 0.671. The van der Waals surface area contributed by atoms with Crippen LogP contribution < -0.4 is 14.2 Å². The van der Waals surface area contributed by atoms with Gasteiger partial charge in [0.1, 0.15) is 0 Å². The molecule has 3 aromatic rings. The van der Waals surface area contributed by atoms with E-state index in [9.17, 15) is 0 Å². The van der Waals surface area contributed by atoms with Crippen LogP contribution in [0.4, 0.5) is 0 Å². The zero-order chi connectivity index (χ0) is 17.8. The molecule has 1 aromatic heterocycles. The number of hydrogen-bond acceptors (Lipinski definition) is 5. The van der Waals surface area contributed by atoms with E-state index < -0.39 is 0 Å². The average Bonchev–Trinajstić information content (AvgIpc) is 2.67. The maximum atomic E-state index is 5.94. The summed E-state index contributed by atoms with van der Waals surface area (Å²) in [6.45, 7) is 0. The lowest BCUT2D eigenvalue weighted by Gasteiger charge is -2.14. The lowest BCUT2D eigenvalue weighted by Crippen LogP contribution is -1.97. The molecule has 1 heterocycles. The van der Waals surface area contributed by atoms with Gasteiger partial charge in [0.2, 0.25) is 5.75 Å². The van der Waals surface area contributed by atoms with Crippen LogP contribution in [0.25, 0.3) is 22.6 Å². The summed E-state index contributed by atoms with van der Waals surface area (Å²) in [6, 6.07) is 12.9. The summed E-state index contributed by atoms with van der Waals surface area (Å²) in [6.07, 6.45) is 1.72. The van der Waals surface area contributed by atoms with Crippen molar-refractivity contribution in [2.45, 2.75) is 0 Å². The fourth-order valence-corrected chi connectivity index (χ4v) is 2.61. The number of hydrogen-bond donors (Lipinski definition) is 0. The SMILES string of the molecule is COc1cc(-c2ccnc(-c3ccc(Cl)cc3)n2)cc(OC)c1OC. The second-order valence-corrected chi connectivity index (χ2v) is 5.62. The molecule has 6 heteroatoms. The molecule has 0 bridgehead atoms. The first kappa shape index (κ1) is 17.0. The molecule has 0 N–H and O–H groups in total. The molecule has 0 saturated carbocycles. The highest BCUT2D eigenvalue weighted by atomic mass is 35.5. The Morgan fingerprint density at radius 3 is 2.00 bits per heavy atom. The number of benzene rings is 2. The lowest BCUT2D eigenvalue weighted by atomic mass is 10.1. The van der Waals surface area contributed by atoms with Crippen molar-refractivity contribution in [3.8, 4) is 39.9 Å². The molecule has 0 atom stereocenters. The van der Waals surface area contributed by atoms with E-state index in [1.807, 2.05) is 42.5 Å². The number of methoxy groups -OCH3 is 3. The Labute approximate surface area is 151 Å². The minimum Gasteiger partial charge on any atom is -0.493 e. The van der Waals surface area contributed by atoms with E-state index in [1.165, 1.54) is 0 Å². The Balaban J connectivity index is 2.08. The maximum absolute atomic E-state index is 5.94. The first-order valence-corrected chi connectivity index (χ1v) is 7.93. The highest BCUT2D eigenvalue weighted by molar-refractivity contribution is 6.30. The first-order valence-electron chi connectivity index (χ1n) is 7.55. The second kappa shape index (κ2) is 7.40. The molecule has 0 amide bonds. The molecule has 5 nitrogen and oxygen atoms in total. The molecular weight excluding hydrogens is 340 g/mol. The molecule has 2 aromatic carbocycles. The van der Waals surface area contributed by atoms with E-state index in [4.69, 9.17) is 25.8 Å². The van der Waals surface area contributed by atoms with Crippen LogP contribution in [-0.4, -0.2) is 31.3 Å². The van der Waals surface area contributed by atoms with E-state index in [0.717, 1.165) is 16.8 Å². The molecule has 0 aliphatic rings. The van der Waals surface area contributed by atoms with Gasteiger partial charge in [-0.1, -0.05) is 11.6 Å². The number of halogens is 1. The van der Waals surface area contributed by atoms with Crippen LogP contribution in [-0.2, 0) is 0 Å². The van der Waals surface area contributed by atoms with Gasteiger partial charge in [-0.2, -0.15) is 0 Å². The zero-order valence-corrected chi connectivity index (χ0v) is 14.9. The van der Waals surface area contributed by atoms with Crippen LogP contribution in [0.2, 0.25) is 5.02 Å². The predicted octanol–water partition coefficient (Wildman–Crippen LogP) is 4.49. The monoisotopic (exact) mass is 356 g/mol. The van der Waals surface area contributed by atoms with Crippen molar-refractivity contribution in [1.29, 1.82) is 0 Å². The topological polar surface area (TPSA) is 53.5 Å². The summed E-state index contributed by atoms with van der Waals surface area (Å²) >= 11 is 5.94. The third-order valence-electron chi connectivity index (χ3n) is 3.72. The highest BCUT2D eigenvalue weighted by Gasteiger charge is 2.15. The first-order chi connectivity index (χ1) is 12.2. The molecule has 0 radical (unpaired) electrons. The van der Waals surface area contributed by atoms with Crippen molar-refractivity contribution >= 4 is 11.6 Å². The zero-order valence-electron chi connectivity index (χ0n) is 14.1. The number of nitrogens with zero attached hydrogens (tertiary/aromatic N) is 2. The molecule has 3 rings (SSSR count). The van der Waals surface area contributed by atoms with Gasteiger partial charge < -0.3 is 14.2 Å².